The molecule has 1 fully saturated rings. The lowest BCUT2D eigenvalue weighted by molar-refractivity contribution is 0.476. The summed E-state index contributed by atoms with van der Waals surface area (Å²) in [5, 5.41) is 3.19. The zero-order chi connectivity index (χ0) is 7.40. The molecule has 0 aromatic carbocycles. The van der Waals surface area contributed by atoms with Gasteiger partial charge in [0.1, 0.15) is 0 Å². The molecule has 0 amide bonds. The molecule has 10 heavy (non-hydrogen) atoms. The second-order valence-electron chi connectivity index (χ2n) is 3.08. The molecule has 1 aliphatic rings. The minimum Gasteiger partial charge on any atom is -0.326 e. The van der Waals surface area contributed by atoms with Crippen molar-refractivity contribution >= 4 is 9.39 Å². The van der Waals surface area contributed by atoms with Crippen molar-refractivity contribution in [1.82, 2.24) is 5.09 Å². The van der Waals surface area contributed by atoms with E-state index >= 15 is 0 Å². The average Bonchev–Trinajstić information content (AvgIpc) is 2.13. The summed E-state index contributed by atoms with van der Waals surface area (Å²) < 4.78 is 0. The molecular formula is C7H17N2P. The van der Waals surface area contributed by atoms with E-state index in [0.717, 1.165) is 0 Å². The molecule has 0 saturated heterocycles. The van der Waals surface area contributed by atoms with Gasteiger partial charge >= 0.3 is 0 Å². The van der Waals surface area contributed by atoms with Gasteiger partial charge in [-0.1, -0.05) is 28.7 Å². The average molecular weight is 160 g/mol. The van der Waals surface area contributed by atoms with Crippen LogP contribution in [0.25, 0.3) is 0 Å². The van der Waals surface area contributed by atoms with Crippen molar-refractivity contribution < 1.29 is 0 Å². The van der Waals surface area contributed by atoms with E-state index in [1.165, 1.54) is 32.1 Å². The van der Waals surface area contributed by atoms with Gasteiger partial charge in [0, 0.05) is 12.1 Å². The summed E-state index contributed by atoms with van der Waals surface area (Å²) in [5.41, 5.74) is 5.91. The first-order chi connectivity index (χ1) is 4.84. The summed E-state index contributed by atoms with van der Waals surface area (Å²) in [6.45, 7) is 0. The van der Waals surface area contributed by atoms with Gasteiger partial charge in [-0.25, -0.2) is 0 Å². The molecule has 0 bridgehead atoms. The molecule has 3 N–H and O–H groups in total. The smallest absolute Gasteiger partial charge is 0.0250 e. The lowest BCUT2D eigenvalue weighted by Crippen LogP contribution is -2.40. The van der Waals surface area contributed by atoms with Crippen LogP contribution in [-0.2, 0) is 0 Å². The largest absolute Gasteiger partial charge is 0.326 e. The number of rotatable bonds is 1. The van der Waals surface area contributed by atoms with Gasteiger partial charge in [-0.05, 0) is 12.8 Å². The monoisotopic (exact) mass is 160 g/mol. The number of hydrogen-bond acceptors (Lipinski definition) is 2. The van der Waals surface area contributed by atoms with Crippen LogP contribution in [0.5, 0.6) is 0 Å². The molecule has 60 valence electrons. The highest BCUT2D eigenvalue weighted by Gasteiger charge is 2.17. The van der Waals surface area contributed by atoms with Crippen LogP contribution in [-0.4, -0.2) is 12.1 Å². The van der Waals surface area contributed by atoms with Crippen molar-refractivity contribution in [3.63, 3.8) is 0 Å². The molecule has 0 spiro atoms. The van der Waals surface area contributed by atoms with Crippen LogP contribution in [0.15, 0.2) is 0 Å². The second-order valence-corrected chi connectivity index (χ2v) is 3.41. The topological polar surface area (TPSA) is 38.0 Å². The summed E-state index contributed by atoms with van der Waals surface area (Å²) in [4.78, 5) is 0. The molecule has 0 aliphatic heterocycles. The molecule has 3 atom stereocenters. The molecule has 1 rings (SSSR count). The highest BCUT2D eigenvalue weighted by molar-refractivity contribution is 7.13. The van der Waals surface area contributed by atoms with Crippen molar-refractivity contribution in [3.8, 4) is 0 Å². The minimum absolute atomic E-state index is 0.375. The normalized spacial score (nSPS) is 35.4. The van der Waals surface area contributed by atoms with E-state index in [9.17, 15) is 0 Å². The maximum absolute atomic E-state index is 5.91. The maximum Gasteiger partial charge on any atom is 0.0250 e. The third-order valence-electron chi connectivity index (χ3n) is 2.28. The number of nitrogens with two attached hydrogens (primary N) is 1. The van der Waals surface area contributed by atoms with E-state index in [1.807, 2.05) is 0 Å². The zero-order valence-electron chi connectivity index (χ0n) is 6.34. The maximum atomic E-state index is 5.91. The molecule has 0 aromatic heterocycles. The third kappa shape index (κ3) is 2.19. The van der Waals surface area contributed by atoms with Gasteiger partial charge in [0.2, 0.25) is 0 Å². The molecule has 2 unspecified atom stereocenters. The fourth-order valence-corrected chi connectivity index (χ4v) is 1.96. The lowest BCUT2D eigenvalue weighted by Gasteiger charge is -2.19. The first-order valence-corrected chi connectivity index (χ1v) is 4.64. The van der Waals surface area contributed by atoms with E-state index in [0.29, 0.717) is 12.1 Å². The van der Waals surface area contributed by atoms with Crippen LogP contribution >= 0.6 is 9.39 Å². The number of hydrogen-bond donors (Lipinski definition) is 2. The molecular weight excluding hydrogens is 143 g/mol. The van der Waals surface area contributed by atoms with Crippen molar-refractivity contribution in [2.45, 2.75) is 44.2 Å². The van der Waals surface area contributed by atoms with Gasteiger partial charge in [-0.2, -0.15) is 0 Å². The molecule has 1 saturated carbocycles. The van der Waals surface area contributed by atoms with Crippen molar-refractivity contribution in [2.75, 3.05) is 0 Å². The number of nitrogens with one attached hydrogen (secondary N) is 1. The quantitative estimate of drug-likeness (QED) is 0.444. The van der Waals surface area contributed by atoms with E-state index < -0.39 is 0 Å². The van der Waals surface area contributed by atoms with Crippen molar-refractivity contribution in [3.05, 3.63) is 0 Å². The van der Waals surface area contributed by atoms with Crippen LogP contribution in [0.1, 0.15) is 32.1 Å². The molecule has 1 aliphatic carbocycles. The van der Waals surface area contributed by atoms with Crippen LogP contribution in [0.2, 0.25) is 0 Å². The Hall–Kier alpha value is 0.350. The van der Waals surface area contributed by atoms with Crippen LogP contribution in [0, 0.1) is 0 Å². The van der Waals surface area contributed by atoms with Gasteiger partial charge in [-0.15, -0.1) is 0 Å². The first-order valence-electron chi connectivity index (χ1n) is 4.06. The minimum atomic E-state index is 0.375. The van der Waals surface area contributed by atoms with Gasteiger partial charge in [-0.3, -0.25) is 5.09 Å². The Balaban J connectivity index is 2.35. The highest BCUT2D eigenvalue weighted by atomic mass is 31.0. The Morgan fingerprint density at radius 2 is 1.90 bits per heavy atom. The SMILES string of the molecule is NC1CCCCC[C@H]1NP. The second kappa shape index (κ2) is 4.27. The molecule has 0 aromatic rings. The van der Waals surface area contributed by atoms with Crippen molar-refractivity contribution in [2.24, 2.45) is 5.73 Å². The van der Waals surface area contributed by atoms with Crippen LogP contribution in [0.3, 0.4) is 0 Å². The Bertz CT molecular complexity index is 97.6. The summed E-state index contributed by atoms with van der Waals surface area (Å²) in [6, 6.07) is 0.910. The van der Waals surface area contributed by atoms with Gasteiger partial charge in [0.15, 0.2) is 0 Å². The fourth-order valence-electron chi connectivity index (χ4n) is 1.54. The Morgan fingerprint density at radius 3 is 2.60 bits per heavy atom. The summed E-state index contributed by atoms with van der Waals surface area (Å²) in [7, 11) is 2.56. The van der Waals surface area contributed by atoms with Crippen molar-refractivity contribution in [1.29, 1.82) is 0 Å². The Morgan fingerprint density at radius 1 is 1.20 bits per heavy atom. The van der Waals surface area contributed by atoms with E-state index in [-0.39, 0.29) is 0 Å². The van der Waals surface area contributed by atoms with Gasteiger partial charge in [0.05, 0.1) is 0 Å². The molecule has 2 nitrogen and oxygen atoms in total. The Kier molecular flexibility index (Phi) is 3.61. The highest BCUT2D eigenvalue weighted by Crippen LogP contribution is 2.16. The zero-order valence-corrected chi connectivity index (χ0v) is 7.50. The van der Waals surface area contributed by atoms with E-state index in [2.05, 4.69) is 14.5 Å². The van der Waals surface area contributed by atoms with E-state index in [4.69, 9.17) is 5.73 Å². The van der Waals surface area contributed by atoms with Gasteiger partial charge < -0.3 is 5.73 Å². The van der Waals surface area contributed by atoms with Crippen LogP contribution in [0.4, 0.5) is 0 Å². The predicted molar refractivity (Wildman–Crippen MR) is 47.7 cm³/mol. The van der Waals surface area contributed by atoms with E-state index in [1.54, 1.807) is 0 Å². The summed E-state index contributed by atoms with van der Waals surface area (Å²) >= 11 is 0. The predicted octanol–water partition coefficient (Wildman–Crippen LogP) is 1.03. The third-order valence-corrected chi connectivity index (χ3v) is 2.71. The Labute approximate surface area is 65.2 Å². The molecule has 3 heteroatoms. The summed E-state index contributed by atoms with van der Waals surface area (Å²) in [5.74, 6) is 0. The standard InChI is InChI=1S/C7H17N2P/c8-6-4-2-1-3-5-7(6)9-10/h6-7,9H,1-5,8,10H2/t6?,7-/m1/s1. The van der Waals surface area contributed by atoms with Crippen LogP contribution < -0.4 is 10.8 Å². The van der Waals surface area contributed by atoms with Gasteiger partial charge in [0.25, 0.3) is 0 Å². The fraction of sp³-hybridized carbons (Fsp3) is 1.00. The molecule has 0 heterocycles. The first kappa shape index (κ1) is 8.45. The summed E-state index contributed by atoms with van der Waals surface area (Å²) in [6.07, 6.45) is 6.43. The lowest BCUT2D eigenvalue weighted by atomic mass is 10.1. The molecule has 0 radical (unpaired) electrons.